The molecule has 1 atom stereocenters. The lowest BCUT2D eigenvalue weighted by molar-refractivity contribution is -0.132. The summed E-state index contributed by atoms with van der Waals surface area (Å²) in [4.78, 5) is 29.8. The highest BCUT2D eigenvalue weighted by Gasteiger charge is 2.53. The van der Waals surface area contributed by atoms with Crippen LogP contribution >= 0.6 is 23.2 Å². The van der Waals surface area contributed by atoms with Gasteiger partial charge in [-0.05, 0) is 37.6 Å². The first-order valence-electron chi connectivity index (χ1n) is 10.9. The Morgan fingerprint density at radius 2 is 1.88 bits per heavy atom. The molecule has 0 aromatic heterocycles. The van der Waals surface area contributed by atoms with Crippen LogP contribution in [0.1, 0.15) is 41.3 Å². The minimum atomic E-state index is -2.07. The summed E-state index contributed by atoms with van der Waals surface area (Å²) in [6.45, 7) is 5.38. The van der Waals surface area contributed by atoms with E-state index >= 15 is 0 Å². The normalized spacial score (nSPS) is 20.7. The van der Waals surface area contributed by atoms with Crippen LogP contribution in [-0.2, 0) is 15.1 Å². The summed E-state index contributed by atoms with van der Waals surface area (Å²) >= 11 is 13.0. The summed E-state index contributed by atoms with van der Waals surface area (Å²) in [7, 11) is 1.28. The van der Waals surface area contributed by atoms with Gasteiger partial charge in [0.25, 0.3) is 5.91 Å². The van der Waals surface area contributed by atoms with Gasteiger partial charge in [0.15, 0.2) is 5.60 Å². The average Bonchev–Trinajstić information content (AvgIpc) is 3.05. The van der Waals surface area contributed by atoms with Crippen molar-refractivity contribution < 1.29 is 19.4 Å². The minimum Gasteiger partial charge on any atom is -0.465 e. The van der Waals surface area contributed by atoms with E-state index in [1.807, 2.05) is 6.08 Å². The van der Waals surface area contributed by atoms with Gasteiger partial charge in [-0.25, -0.2) is 4.79 Å². The Bertz CT molecular complexity index is 1120. The molecule has 1 saturated heterocycles. The lowest BCUT2D eigenvalue weighted by Crippen LogP contribution is -2.41. The fourth-order valence-corrected chi connectivity index (χ4v) is 5.20. The molecular formula is C25H26Cl2N2O4. The molecule has 2 aromatic carbocycles. The number of esters is 1. The molecule has 8 heteroatoms. The van der Waals surface area contributed by atoms with E-state index in [1.165, 1.54) is 29.7 Å². The Kier molecular flexibility index (Phi) is 6.82. The molecule has 174 valence electrons. The highest BCUT2D eigenvalue weighted by molar-refractivity contribution is 6.35. The second-order valence-electron chi connectivity index (χ2n) is 8.25. The van der Waals surface area contributed by atoms with Crippen molar-refractivity contribution in [3.8, 4) is 0 Å². The summed E-state index contributed by atoms with van der Waals surface area (Å²) in [5.74, 6) is -1.14. The van der Waals surface area contributed by atoms with E-state index in [-0.39, 0.29) is 33.3 Å². The van der Waals surface area contributed by atoms with Crippen molar-refractivity contribution in [2.45, 2.75) is 25.4 Å². The molecule has 0 saturated carbocycles. The summed E-state index contributed by atoms with van der Waals surface area (Å²) in [5.41, 5.74) is 0.233. The van der Waals surface area contributed by atoms with Gasteiger partial charge in [0.05, 0.1) is 23.4 Å². The second-order valence-corrected chi connectivity index (χ2v) is 9.06. The molecule has 1 unspecified atom stereocenters. The molecule has 2 aliphatic rings. The maximum Gasteiger partial charge on any atom is 0.337 e. The summed E-state index contributed by atoms with van der Waals surface area (Å²) in [6, 6.07) is 9.60. The lowest BCUT2D eigenvalue weighted by atomic mass is 9.87. The highest BCUT2D eigenvalue weighted by atomic mass is 35.5. The Hall–Kier alpha value is -2.38. The fourth-order valence-electron chi connectivity index (χ4n) is 4.58. The summed E-state index contributed by atoms with van der Waals surface area (Å²) in [6.07, 6.45) is 3.90. The molecule has 0 spiro atoms. The number of halogens is 2. The third-order valence-electron chi connectivity index (χ3n) is 6.47. The zero-order valence-corrected chi connectivity index (χ0v) is 20.1. The SMILES string of the molecule is CCN1CCC(=CCN2C(=O)C(O)(c3ccccc3Cl)c3c(Cl)cc(C(=O)OC)cc32)CC1. The second kappa shape index (κ2) is 9.47. The monoisotopic (exact) mass is 488 g/mol. The van der Waals surface area contributed by atoms with Crippen molar-refractivity contribution in [3.63, 3.8) is 0 Å². The molecule has 2 aliphatic heterocycles. The van der Waals surface area contributed by atoms with Crippen LogP contribution < -0.4 is 4.90 Å². The number of ether oxygens (including phenoxy) is 1. The van der Waals surface area contributed by atoms with Gasteiger partial charge in [-0.15, -0.1) is 0 Å². The maximum absolute atomic E-state index is 13.7. The van der Waals surface area contributed by atoms with Crippen molar-refractivity contribution in [2.75, 3.05) is 38.2 Å². The number of aliphatic hydroxyl groups is 1. The Labute approximate surface area is 203 Å². The van der Waals surface area contributed by atoms with Crippen molar-refractivity contribution in [2.24, 2.45) is 0 Å². The molecular weight excluding hydrogens is 463 g/mol. The molecule has 1 N–H and O–H groups in total. The maximum atomic E-state index is 13.7. The lowest BCUT2D eigenvalue weighted by Gasteiger charge is -2.27. The Balaban J connectivity index is 1.79. The van der Waals surface area contributed by atoms with Gasteiger partial charge in [0, 0.05) is 35.8 Å². The molecule has 1 amide bonds. The van der Waals surface area contributed by atoms with E-state index in [4.69, 9.17) is 27.9 Å². The van der Waals surface area contributed by atoms with E-state index in [9.17, 15) is 14.7 Å². The smallest absolute Gasteiger partial charge is 0.337 e. The summed E-state index contributed by atoms with van der Waals surface area (Å²) in [5, 5.41) is 12.1. The van der Waals surface area contributed by atoms with Crippen LogP contribution in [0.3, 0.4) is 0 Å². The molecule has 33 heavy (non-hydrogen) atoms. The minimum absolute atomic E-state index is 0.0927. The van der Waals surface area contributed by atoms with Gasteiger partial charge >= 0.3 is 5.97 Å². The van der Waals surface area contributed by atoms with Gasteiger partial charge in [-0.3, -0.25) is 4.79 Å². The van der Waals surface area contributed by atoms with E-state index in [0.29, 0.717) is 5.69 Å². The van der Waals surface area contributed by atoms with E-state index in [2.05, 4.69) is 11.8 Å². The van der Waals surface area contributed by atoms with Crippen LogP contribution in [0, 0.1) is 0 Å². The largest absolute Gasteiger partial charge is 0.465 e. The predicted octanol–water partition coefficient (Wildman–Crippen LogP) is 4.40. The van der Waals surface area contributed by atoms with Gasteiger partial charge < -0.3 is 19.6 Å². The number of fused-ring (bicyclic) bond motifs is 1. The molecule has 2 aromatic rings. The van der Waals surface area contributed by atoms with Crippen molar-refractivity contribution in [1.82, 2.24) is 4.90 Å². The van der Waals surface area contributed by atoms with Crippen LogP contribution in [0.4, 0.5) is 5.69 Å². The highest BCUT2D eigenvalue weighted by Crippen LogP contribution is 2.50. The number of hydrogen-bond acceptors (Lipinski definition) is 5. The number of amides is 1. The zero-order chi connectivity index (χ0) is 23.8. The van der Waals surface area contributed by atoms with Crippen molar-refractivity contribution >= 4 is 40.8 Å². The number of carbonyl (C=O) groups is 2. The van der Waals surface area contributed by atoms with Crippen LogP contribution in [0.2, 0.25) is 10.0 Å². The first-order valence-corrected chi connectivity index (χ1v) is 11.7. The third-order valence-corrected chi connectivity index (χ3v) is 7.10. The number of piperidine rings is 1. The van der Waals surface area contributed by atoms with E-state index in [0.717, 1.165) is 32.5 Å². The number of likely N-dealkylation sites (tertiary alicyclic amines) is 1. The number of carbonyl (C=O) groups excluding carboxylic acids is 2. The molecule has 0 aliphatic carbocycles. The first kappa shape index (κ1) is 23.8. The average molecular weight is 489 g/mol. The standard InChI is InChI=1S/C25H26Cl2N2O4/c1-3-28-11-8-16(9-12-28)10-13-29-21-15-17(23(30)33-2)14-20(27)22(21)25(32,24(29)31)18-6-4-5-7-19(18)26/h4-7,10,14-15,32H,3,8-9,11-13H2,1-2H3. The fraction of sp³-hybridized carbons (Fsp3) is 0.360. The van der Waals surface area contributed by atoms with Gasteiger partial charge in [-0.2, -0.15) is 0 Å². The number of methoxy groups -OCH3 is 1. The van der Waals surface area contributed by atoms with E-state index in [1.54, 1.807) is 24.3 Å². The quantitative estimate of drug-likeness (QED) is 0.498. The van der Waals surface area contributed by atoms with Crippen LogP contribution in [-0.4, -0.2) is 55.2 Å². The van der Waals surface area contributed by atoms with Gasteiger partial charge in [-0.1, -0.05) is 60.0 Å². The molecule has 4 rings (SSSR count). The van der Waals surface area contributed by atoms with Gasteiger partial charge in [0.2, 0.25) is 0 Å². The zero-order valence-electron chi connectivity index (χ0n) is 18.6. The van der Waals surface area contributed by atoms with Crippen molar-refractivity contribution in [3.05, 3.63) is 74.8 Å². The predicted molar refractivity (Wildman–Crippen MR) is 129 cm³/mol. The number of rotatable bonds is 5. The molecule has 0 bridgehead atoms. The third kappa shape index (κ3) is 4.17. The van der Waals surface area contributed by atoms with Gasteiger partial charge in [0.1, 0.15) is 0 Å². The number of nitrogens with zero attached hydrogens (tertiary/aromatic N) is 2. The summed E-state index contributed by atoms with van der Waals surface area (Å²) < 4.78 is 4.84. The number of anilines is 1. The molecule has 1 fully saturated rings. The van der Waals surface area contributed by atoms with Crippen LogP contribution in [0.15, 0.2) is 48.0 Å². The topological polar surface area (TPSA) is 70.1 Å². The Morgan fingerprint density at radius 3 is 2.52 bits per heavy atom. The Morgan fingerprint density at radius 1 is 1.18 bits per heavy atom. The number of hydrogen-bond donors (Lipinski definition) is 1. The molecule has 2 heterocycles. The van der Waals surface area contributed by atoms with Crippen LogP contribution in [0.25, 0.3) is 0 Å². The molecule has 6 nitrogen and oxygen atoms in total. The van der Waals surface area contributed by atoms with Crippen LogP contribution in [0.5, 0.6) is 0 Å². The van der Waals surface area contributed by atoms with E-state index < -0.39 is 17.5 Å². The van der Waals surface area contributed by atoms with Crippen molar-refractivity contribution in [1.29, 1.82) is 0 Å². The molecule has 0 radical (unpaired) electrons. The first-order chi connectivity index (χ1) is 15.8. The number of benzene rings is 2.